The van der Waals surface area contributed by atoms with Crippen LogP contribution in [0.25, 0.3) is 0 Å². The summed E-state index contributed by atoms with van der Waals surface area (Å²) in [5.41, 5.74) is 2.98. The molecule has 0 amide bonds. The zero-order chi connectivity index (χ0) is 14.7. The van der Waals surface area contributed by atoms with Crippen LogP contribution in [0.4, 0.5) is 0 Å². The number of carbonyl (C=O) groups excluding carboxylic acids is 1. The van der Waals surface area contributed by atoms with Gasteiger partial charge in [-0.2, -0.15) is 0 Å². The molecule has 1 aromatic carbocycles. The first-order valence-corrected chi connectivity index (χ1v) is 6.97. The second-order valence-electron chi connectivity index (χ2n) is 4.50. The highest BCUT2D eigenvalue weighted by Crippen LogP contribution is 2.12. The molecule has 1 heteroatoms. The average Bonchev–Trinajstić information content (AvgIpc) is 2.45. The average molecular weight is 258 g/mol. The predicted molar refractivity (Wildman–Crippen MR) is 84.8 cm³/mol. The van der Waals surface area contributed by atoms with E-state index in [1.165, 1.54) is 30.9 Å². The molecule has 0 aliphatic carbocycles. The van der Waals surface area contributed by atoms with Crippen LogP contribution in [0.1, 0.15) is 54.6 Å². The van der Waals surface area contributed by atoms with Gasteiger partial charge in [0.25, 0.3) is 0 Å². The van der Waals surface area contributed by atoms with Crippen molar-refractivity contribution >= 4 is 5.78 Å². The highest BCUT2D eigenvalue weighted by atomic mass is 16.1. The van der Waals surface area contributed by atoms with Gasteiger partial charge in [0.2, 0.25) is 0 Å². The van der Waals surface area contributed by atoms with Gasteiger partial charge in [0.05, 0.1) is 0 Å². The largest absolute Gasteiger partial charge is 0.289 e. The van der Waals surface area contributed by atoms with Crippen molar-refractivity contribution in [3.8, 4) is 0 Å². The molecular formula is C18H26O. The summed E-state index contributed by atoms with van der Waals surface area (Å²) in [6.45, 7) is 13.3. The molecule has 0 spiro atoms. The Bertz CT molecular complexity index is 416. The molecule has 19 heavy (non-hydrogen) atoms. The molecule has 1 aromatic rings. The number of hydrogen-bond donors (Lipinski definition) is 0. The number of hydrogen-bond acceptors (Lipinski definition) is 1. The van der Waals surface area contributed by atoms with Gasteiger partial charge in [-0.15, -0.1) is 6.58 Å². The Labute approximate surface area is 118 Å². The molecule has 0 saturated carbocycles. The first-order valence-electron chi connectivity index (χ1n) is 6.97. The normalized spacial score (nSPS) is 9.21. The van der Waals surface area contributed by atoms with Crippen LogP contribution in [-0.4, -0.2) is 5.78 Å². The molecule has 0 radical (unpaired) electrons. The van der Waals surface area contributed by atoms with Gasteiger partial charge < -0.3 is 0 Å². The lowest BCUT2D eigenvalue weighted by Crippen LogP contribution is -1.98. The molecule has 0 aliphatic heterocycles. The van der Waals surface area contributed by atoms with E-state index in [-0.39, 0.29) is 5.78 Å². The van der Waals surface area contributed by atoms with Crippen LogP contribution in [0.5, 0.6) is 0 Å². The maximum Gasteiger partial charge on any atom is 0.185 e. The van der Waals surface area contributed by atoms with E-state index in [9.17, 15) is 4.79 Å². The summed E-state index contributed by atoms with van der Waals surface area (Å²) in [4.78, 5) is 11.4. The lowest BCUT2D eigenvalue weighted by Gasteiger charge is -2.04. The highest BCUT2D eigenvalue weighted by Gasteiger charge is 2.05. The standard InChI is InChI=1S/C12H14O.C6H12/c1-4-10-7-6-9(3)11(8-10)12(13)5-2;1-3-5-6-4-2/h5-8H,2,4H2,1,3H3;3H,1,4-6H2,2H3. The summed E-state index contributed by atoms with van der Waals surface area (Å²) in [5.74, 6) is 0.00722. The molecule has 0 fully saturated rings. The van der Waals surface area contributed by atoms with Gasteiger partial charge in [-0.3, -0.25) is 4.79 Å². The van der Waals surface area contributed by atoms with Crippen LogP contribution < -0.4 is 0 Å². The fourth-order valence-corrected chi connectivity index (χ4v) is 1.61. The second kappa shape index (κ2) is 10.3. The van der Waals surface area contributed by atoms with Crippen molar-refractivity contribution in [1.29, 1.82) is 0 Å². The molecule has 1 rings (SSSR count). The quantitative estimate of drug-likeness (QED) is 0.293. The molecule has 104 valence electrons. The first kappa shape index (κ1) is 17.4. The number of carbonyl (C=O) groups is 1. The van der Waals surface area contributed by atoms with Crippen LogP contribution >= 0.6 is 0 Å². The van der Waals surface area contributed by atoms with Gasteiger partial charge in [-0.05, 0) is 43.0 Å². The predicted octanol–water partition coefficient (Wildman–Crippen LogP) is 5.29. The fourth-order valence-electron chi connectivity index (χ4n) is 1.61. The molecular weight excluding hydrogens is 232 g/mol. The van der Waals surface area contributed by atoms with E-state index in [4.69, 9.17) is 0 Å². The molecule has 0 aromatic heterocycles. The van der Waals surface area contributed by atoms with E-state index in [1.54, 1.807) is 0 Å². The lowest BCUT2D eigenvalue weighted by atomic mass is 10.0. The van der Waals surface area contributed by atoms with Crippen molar-refractivity contribution < 1.29 is 4.79 Å². The van der Waals surface area contributed by atoms with Gasteiger partial charge in [-0.25, -0.2) is 0 Å². The minimum Gasteiger partial charge on any atom is -0.289 e. The summed E-state index contributed by atoms with van der Waals surface area (Å²) in [6.07, 6.45) is 8.04. The third-order valence-corrected chi connectivity index (χ3v) is 2.92. The van der Waals surface area contributed by atoms with E-state index < -0.39 is 0 Å². The zero-order valence-electron chi connectivity index (χ0n) is 12.5. The van der Waals surface area contributed by atoms with Crippen LogP contribution in [0, 0.1) is 6.92 Å². The molecule has 1 nitrogen and oxygen atoms in total. The molecule has 0 heterocycles. The highest BCUT2D eigenvalue weighted by molar-refractivity contribution is 6.05. The maximum absolute atomic E-state index is 11.4. The summed E-state index contributed by atoms with van der Waals surface area (Å²) >= 11 is 0. The number of aryl methyl sites for hydroxylation is 2. The van der Waals surface area contributed by atoms with E-state index in [0.29, 0.717) is 0 Å². The zero-order valence-corrected chi connectivity index (χ0v) is 12.5. The van der Waals surface area contributed by atoms with Crippen molar-refractivity contribution in [3.63, 3.8) is 0 Å². The van der Waals surface area contributed by atoms with Gasteiger partial charge >= 0.3 is 0 Å². The first-order chi connectivity index (χ1) is 9.10. The van der Waals surface area contributed by atoms with Crippen molar-refractivity contribution in [2.75, 3.05) is 0 Å². The third kappa shape index (κ3) is 6.76. The fraction of sp³-hybridized carbons (Fsp3) is 0.389. The molecule has 0 atom stereocenters. The van der Waals surface area contributed by atoms with Gasteiger partial charge in [0.1, 0.15) is 0 Å². The Kier molecular flexibility index (Phi) is 9.42. The van der Waals surface area contributed by atoms with E-state index >= 15 is 0 Å². The SMILES string of the molecule is C=CC(=O)c1cc(CC)ccc1C.C=CCCCC. The summed E-state index contributed by atoms with van der Waals surface area (Å²) in [5, 5.41) is 0. The Hall–Kier alpha value is -1.63. The Balaban J connectivity index is 0.000000459. The monoisotopic (exact) mass is 258 g/mol. The van der Waals surface area contributed by atoms with Crippen LogP contribution in [-0.2, 0) is 6.42 Å². The van der Waals surface area contributed by atoms with Gasteiger partial charge in [-0.1, -0.05) is 51.5 Å². The topological polar surface area (TPSA) is 17.1 Å². The van der Waals surface area contributed by atoms with Crippen LogP contribution in [0.3, 0.4) is 0 Å². The minimum absolute atomic E-state index is 0.00722. The number of unbranched alkanes of at least 4 members (excludes halogenated alkanes) is 2. The smallest absolute Gasteiger partial charge is 0.185 e. The van der Waals surface area contributed by atoms with Crippen molar-refractivity contribution in [3.05, 3.63) is 60.2 Å². The summed E-state index contributed by atoms with van der Waals surface area (Å²) in [7, 11) is 0. The van der Waals surface area contributed by atoms with Crippen molar-refractivity contribution in [2.45, 2.75) is 46.5 Å². The minimum atomic E-state index is 0.00722. The van der Waals surface area contributed by atoms with Crippen LogP contribution in [0.15, 0.2) is 43.5 Å². The van der Waals surface area contributed by atoms with Crippen LogP contribution in [0.2, 0.25) is 0 Å². The number of benzene rings is 1. The molecule has 0 bridgehead atoms. The number of allylic oxidation sites excluding steroid dienone is 2. The maximum atomic E-state index is 11.4. The van der Waals surface area contributed by atoms with E-state index in [0.717, 1.165) is 17.5 Å². The van der Waals surface area contributed by atoms with E-state index in [1.807, 2.05) is 25.1 Å². The molecule has 0 saturated heterocycles. The Morgan fingerprint density at radius 2 is 1.95 bits per heavy atom. The Morgan fingerprint density at radius 1 is 1.26 bits per heavy atom. The summed E-state index contributed by atoms with van der Waals surface area (Å²) < 4.78 is 0. The van der Waals surface area contributed by atoms with E-state index in [2.05, 4.69) is 33.1 Å². The molecule has 0 N–H and O–H groups in total. The van der Waals surface area contributed by atoms with Crippen molar-refractivity contribution in [2.24, 2.45) is 0 Å². The summed E-state index contributed by atoms with van der Waals surface area (Å²) in [6, 6.07) is 5.98. The second-order valence-corrected chi connectivity index (χ2v) is 4.50. The number of rotatable bonds is 6. The van der Waals surface area contributed by atoms with Gasteiger partial charge in [0.15, 0.2) is 5.78 Å². The Morgan fingerprint density at radius 3 is 2.37 bits per heavy atom. The molecule has 0 aliphatic rings. The third-order valence-electron chi connectivity index (χ3n) is 2.92. The molecule has 0 unspecified atom stereocenters. The number of ketones is 1. The lowest BCUT2D eigenvalue weighted by molar-refractivity contribution is 0.104. The van der Waals surface area contributed by atoms with Crippen molar-refractivity contribution in [1.82, 2.24) is 0 Å². The van der Waals surface area contributed by atoms with Gasteiger partial charge in [0, 0.05) is 5.56 Å².